The lowest BCUT2D eigenvalue weighted by atomic mass is 10.3. The predicted molar refractivity (Wildman–Crippen MR) is 91.0 cm³/mol. The summed E-state index contributed by atoms with van der Waals surface area (Å²) in [6, 6.07) is 9.50. The normalized spacial score (nSPS) is 8.10. The number of thiocarbonyl (C=S) groups is 1. The van der Waals surface area contributed by atoms with Crippen LogP contribution >= 0.6 is 12.2 Å². The van der Waals surface area contributed by atoms with Crippen LogP contribution in [0.1, 0.15) is 27.7 Å². The molecule has 0 heterocycles. The van der Waals surface area contributed by atoms with Gasteiger partial charge in [0.05, 0.1) is 10.8 Å². The third-order valence-corrected chi connectivity index (χ3v) is 2.36. The molecule has 0 saturated carbocycles. The number of hydrogen-bond acceptors (Lipinski definition) is 4. The highest BCUT2D eigenvalue weighted by atomic mass is 32.1. The Labute approximate surface area is 128 Å². The topological polar surface area (TPSA) is 67.3 Å². The molecule has 0 spiro atoms. The fraction of sp³-hybridized carbons (Fsp3) is 0.533. The molecule has 0 aromatic heterocycles. The summed E-state index contributed by atoms with van der Waals surface area (Å²) in [7, 11) is 0. The zero-order chi connectivity index (χ0) is 14.9. The molecule has 20 heavy (non-hydrogen) atoms. The molecular weight excluding hydrogens is 272 g/mol. The Bertz CT molecular complexity index is 318. The molecule has 0 saturated heterocycles. The quantitative estimate of drug-likeness (QED) is 0.686. The van der Waals surface area contributed by atoms with Gasteiger partial charge in [0.15, 0.2) is 0 Å². The summed E-state index contributed by atoms with van der Waals surface area (Å²) < 4.78 is 0. The van der Waals surface area contributed by atoms with Crippen molar-refractivity contribution in [1.29, 1.82) is 0 Å². The lowest BCUT2D eigenvalue weighted by Crippen LogP contribution is -2.21. The van der Waals surface area contributed by atoms with Crippen LogP contribution < -0.4 is 0 Å². The van der Waals surface area contributed by atoms with E-state index in [2.05, 4.69) is 48.0 Å². The van der Waals surface area contributed by atoms with Gasteiger partial charge >= 0.3 is 0 Å². The van der Waals surface area contributed by atoms with E-state index in [1.165, 1.54) is 19.6 Å². The van der Waals surface area contributed by atoms with Crippen molar-refractivity contribution in [3.8, 4) is 0 Å². The number of hydrogen-bond donors (Lipinski definition) is 1. The van der Waals surface area contributed by atoms with Gasteiger partial charge < -0.3 is 15.5 Å². The van der Waals surface area contributed by atoms with E-state index < -0.39 is 0 Å². The van der Waals surface area contributed by atoms with Gasteiger partial charge in [-0.25, -0.2) is 0 Å². The largest absolute Gasteiger partial charge is 0.412 e. The molecule has 0 radical (unpaired) electrons. The maximum atomic E-state index is 7.57. The van der Waals surface area contributed by atoms with Crippen LogP contribution in [0.5, 0.6) is 0 Å². The molecule has 5 heteroatoms. The van der Waals surface area contributed by atoms with Crippen molar-refractivity contribution in [2.24, 2.45) is 4.99 Å². The Kier molecular flexibility index (Phi) is 24.2. The first-order chi connectivity index (χ1) is 9.19. The summed E-state index contributed by atoms with van der Waals surface area (Å²) in [4.78, 5) is 6.15. The van der Waals surface area contributed by atoms with Crippen LogP contribution in [0.4, 0.5) is 5.69 Å². The maximum absolute atomic E-state index is 7.57. The van der Waals surface area contributed by atoms with Crippen LogP contribution in [-0.2, 0) is 0 Å². The molecule has 0 aliphatic carbocycles. The third kappa shape index (κ3) is 16.9. The van der Waals surface area contributed by atoms with Gasteiger partial charge in [-0.2, -0.15) is 4.99 Å². The van der Waals surface area contributed by atoms with E-state index in [-0.39, 0.29) is 12.1 Å². The smallest absolute Gasteiger partial charge is 0.0739 e. The van der Waals surface area contributed by atoms with Crippen LogP contribution in [0.25, 0.3) is 0 Å². The Morgan fingerprint density at radius 1 is 1.05 bits per heavy atom. The van der Waals surface area contributed by atoms with Gasteiger partial charge in [0.25, 0.3) is 0 Å². The molecule has 0 fully saturated rings. The van der Waals surface area contributed by atoms with Gasteiger partial charge in [0.1, 0.15) is 0 Å². The van der Waals surface area contributed by atoms with Gasteiger partial charge in [-0.05, 0) is 50.9 Å². The lowest BCUT2D eigenvalue weighted by molar-refractivity contribution is 0.318. The van der Waals surface area contributed by atoms with E-state index in [0.29, 0.717) is 0 Å². The molecule has 116 valence electrons. The van der Waals surface area contributed by atoms with Crippen molar-refractivity contribution in [2.45, 2.75) is 27.7 Å². The van der Waals surface area contributed by atoms with E-state index in [1.807, 2.05) is 30.3 Å². The van der Waals surface area contributed by atoms with Crippen LogP contribution in [0, 0.1) is 0 Å². The minimum absolute atomic E-state index is 0. The molecule has 0 aliphatic heterocycles. The van der Waals surface area contributed by atoms with Crippen molar-refractivity contribution in [2.75, 3.05) is 26.2 Å². The second-order valence-electron chi connectivity index (χ2n) is 3.47. The highest BCUT2D eigenvalue weighted by Gasteiger charge is 1.89. The number of para-hydroxylation sites is 1. The molecule has 0 amide bonds. The minimum Gasteiger partial charge on any atom is -0.412 e. The van der Waals surface area contributed by atoms with Crippen molar-refractivity contribution in [3.63, 3.8) is 0 Å². The molecular formula is C15H28N2O2S. The standard InChI is InChI=1S/C7H5NS.C6H15N.C2H6O.H2O/c9-6-8-7-4-2-1-3-5-7;1-4-7(5-2)6-3;1-2-3;/h1-5H;4-6H2,1-3H3;3H,2H2,1H3;1H2. The summed E-state index contributed by atoms with van der Waals surface area (Å²) in [6.45, 7) is 12.1. The van der Waals surface area contributed by atoms with Crippen LogP contribution in [-0.4, -0.2) is 46.9 Å². The second kappa shape index (κ2) is 20.2. The number of nitrogens with zero attached hydrogens (tertiary/aromatic N) is 2. The van der Waals surface area contributed by atoms with Gasteiger partial charge in [0.2, 0.25) is 0 Å². The van der Waals surface area contributed by atoms with E-state index >= 15 is 0 Å². The average Bonchev–Trinajstić information content (AvgIpc) is 2.44. The number of aliphatic hydroxyl groups is 1. The molecule has 1 aromatic rings. The Balaban J connectivity index is -0.000000238. The maximum Gasteiger partial charge on any atom is 0.0739 e. The fourth-order valence-corrected chi connectivity index (χ4v) is 1.33. The summed E-state index contributed by atoms with van der Waals surface area (Å²) in [5, 5.41) is 9.86. The van der Waals surface area contributed by atoms with Gasteiger partial charge in [-0.1, -0.05) is 39.0 Å². The molecule has 0 atom stereocenters. The van der Waals surface area contributed by atoms with Crippen LogP contribution in [0.15, 0.2) is 35.3 Å². The first-order valence-electron chi connectivity index (χ1n) is 6.66. The number of rotatable bonds is 4. The summed E-state index contributed by atoms with van der Waals surface area (Å²) >= 11 is 4.42. The molecule has 0 unspecified atom stereocenters. The first kappa shape index (κ1) is 24.0. The van der Waals surface area contributed by atoms with Gasteiger partial charge in [-0.3, -0.25) is 0 Å². The average molecular weight is 300 g/mol. The summed E-state index contributed by atoms with van der Waals surface area (Å²) in [5.41, 5.74) is 0.854. The van der Waals surface area contributed by atoms with E-state index in [4.69, 9.17) is 5.11 Å². The zero-order valence-corrected chi connectivity index (χ0v) is 13.8. The fourth-order valence-electron chi connectivity index (χ4n) is 1.23. The second-order valence-corrected chi connectivity index (χ2v) is 3.66. The highest BCUT2D eigenvalue weighted by molar-refractivity contribution is 7.78. The number of benzene rings is 1. The molecule has 1 aromatic carbocycles. The first-order valence-corrected chi connectivity index (χ1v) is 7.06. The molecule has 4 nitrogen and oxygen atoms in total. The van der Waals surface area contributed by atoms with Crippen molar-refractivity contribution < 1.29 is 10.6 Å². The van der Waals surface area contributed by atoms with E-state index in [9.17, 15) is 0 Å². The Morgan fingerprint density at radius 3 is 1.70 bits per heavy atom. The lowest BCUT2D eigenvalue weighted by Gasteiger charge is -2.13. The highest BCUT2D eigenvalue weighted by Crippen LogP contribution is 2.07. The van der Waals surface area contributed by atoms with Crippen molar-refractivity contribution in [1.82, 2.24) is 4.90 Å². The SMILES string of the molecule is CCN(CC)CC.CCO.O.S=C=Nc1ccccc1. The van der Waals surface area contributed by atoms with Gasteiger partial charge in [0, 0.05) is 6.61 Å². The third-order valence-electron chi connectivity index (χ3n) is 2.27. The van der Waals surface area contributed by atoms with Crippen molar-refractivity contribution in [3.05, 3.63) is 30.3 Å². The molecule has 0 bridgehead atoms. The predicted octanol–water partition coefficient (Wildman–Crippen LogP) is 2.94. The summed E-state index contributed by atoms with van der Waals surface area (Å²) in [6.07, 6.45) is 0. The van der Waals surface area contributed by atoms with Gasteiger partial charge in [-0.15, -0.1) is 0 Å². The number of aliphatic hydroxyl groups excluding tert-OH is 1. The molecule has 3 N–H and O–H groups in total. The minimum atomic E-state index is 0. The van der Waals surface area contributed by atoms with Crippen molar-refractivity contribution >= 4 is 23.1 Å². The van der Waals surface area contributed by atoms with Crippen LogP contribution in [0.2, 0.25) is 0 Å². The number of isothiocyanates is 1. The Hall–Kier alpha value is -1.10. The number of aliphatic imine (C=N–C) groups is 1. The monoisotopic (exact) mass is 300 g/mol. The zero-order valence-electron chi connectivity index (χ0n) is 13.0. The Morgan fingerprint density at radius 2 is 1.45 bits per heavy atom. The summed E-state index contributed by atoms with van der Waals surface area (Å²) in [5.74, 6) is 0. The molecule has 1 rings (SSSR count). The van der Waals surface area contributed by atoms with E-state index in [0.717, 1.165) is 5.69 Å². The molecule has 0 aliphatic rings. The van der Waals surface area contributed by atoms with E-state index in [1.54, 1.807) is 6.92 Å². The van der Waals surface area contributed by atoms with Crippen LogP contribution in [0.3, 0.4) is 0 Å².